The van der Waals surface area contributed by atoms with Gasteiger partial charge in [0, 0.05) is 6.92 Å². The van der Waals surface area contributed by atoms with Gasteiger partial charge in [-0.2, -0.15) is 0 Å². The minimum Gasteiger partial charge on any atom is -0.481 e. The zero-order valence-corrected chi connectivity index (χ0v) is 12.4. The molecule has 0 aromatic carbocycles. The minimum absolute atomic E-state index is 0.151. The van der Waals surface area contributed by atoms with Crippen molar-refractivity contribution in [3.05, 3.63) is 0 Å². The monoisotopic (exact) mass is 276 g/mol. The number of carbonyl (C=O) groups excluding carboxylic acids is 1. The van der Waals surface area contributed by atoms with Crippen LogP contribution in [0.2, 0.25) is 0 Å². The van der Waals surface area contributed by atoms with E-state index in [9.17, 15) is 9.59 Å². The average molecular weight is 276 g/mol. The van der Waals surface area contributed by atoms with Gasteiger partial charge in [-0.05, 0) is 33.1 Å². The molecule has 0 saturated carbocycles. The molecule has 0 aromatic heterocycles. The number of ether oxygens (including phenoxy) is 1. The predicted octanol–water partition coefficient (Wildman–Crippen LogP) is 2.17. The molecule has 0 fully saturated rings. The third kappa shape index (κ3) is 14.3. The molecule has 2 N–H and O–H groups in total. The van der Waals surface area contributed by atoms with E-state index in [0.717, 1.165) is 6.92 Å². The van der Waals surface area contributed by atoms with E-state index in [1.54, 1.807) is 20.8 Å². The summed E-state index contributed by atoms with van der Waals surface area (Å²) in [5, 5.41) is 16.3. The first-order valence-electron chi connectivity index (χ1n) is 6.02. The summed E-state index contributed by atoms with van der Waals surface area (Å²) in [6.45, 7) is 10.00. The maximum Gasteiger partial charge on any atom is 0.320 e. The van der Waals surface area contributed by atoms with Crippen molar-refractivity contribution < 1.29 is 29.3 Å². The first-order chi connectivity index (χ1) is 8.36. The van der Waals surface area contributed by atoms with Gasteiger partial charge in [0.2, 0.25) is 0 Å². The van der Waals surface area contributed by atoms with Crippen molar-refractivity contribution in [1.29, 1.82) is 0 Å². The summed E-state index contributed by atoms with van der Waals surface area (Å²) >= 11 is 0. The van der Waals surface area contributed by atoms with Gasteiger partial charge in [-0.1, -0.05) is 13.8 Å². The van der Waals surface area contributed by atoms with Crippen LogP contribution in [0.25, 0.3) is 0 Å². The Morgan fingerprint density at radius 1 is 1.11 bits per heavy atom. The van der Waals surface area contributed by atoms with E-state index in [1.807, 2.05) is 13.8 Å². The Bertz CT molecular complexity index is 310. The van der Waals surface area contributed by atoms with Gasteiger partial charge in [0.15, 0.2) is 5.92 Å². The number of carbonyl (C=O) groups is 3. The van der Waals surface area contributed by atoms with Gasteiger partial charge >= 0.3 is 11.9 Å². The Balaban J connectivity index is 0. The van der Waals surface area contributed by atoms with Crippen molar-refractivity contribution in [3.8, 4) is 0 Å². The normalized spacial score (nSPS) is 12.2. The topological polar surface area (TPSA) is 101 Å². The third-order valence-corrected chi connectivity index (χ3v) is 1.70. The van der Waals surface area contributed by atoms with Crippen molar-refractivity contribution in [1.82, 2.24) is 0 Å². The fraction of sp³-hybridized carbons (Fsp3) is 0.769. The molecule has 112 valence electrons. The van der Waals surface area contributed by atoms with E-state index >= 15 is 0 Å². The zero-order valence-electron chi connectivity index (χ0n) is 12.4. The lowest BCUT2D eigenvalue weighted by molar-refractivity contribution is -0.167. The van der Waals surface area contributed by atoms with Crippen molar-refractivity contribution in [2.75, 3.05) is 0 Å². The Kier molecular flexibility index (Phi) is 8.83. The fourth-order valence-electron chi connectivity index (χ4n) is 1.14. The Morgan fingerprint density at radius 3 is 1.68 bits per heavy atom. The van der Waals surface area contributed by atoms with Crippen LogP contribution in [0.15, 0.2) is 0 Å². The van der Waals surface area contributed by atoms with Crippen molar-refractivity contribution in [2.45, 2.75) is 53.6 Å². The molecule has 0 aliphatic carbocycles. The lowest BCUT2D eigenvalue weighted by Crippen LogP contribution is -2.33. The van der Waals surface area contributed by atoms with Gasteiger partial charge < -0.3 is 14.9 Å². The number of hydrogen-bond acceptors (Lipinski definition) is 4. The zero-order chi connectivity index (χ0) is 15.8. The number of carboxylic acid groups (broad SMARTS) is 2. The standard InChI is InChI=1S/C11H20O4.C2H4O2/c1-7(2)6-8(9(12)13)10(14)15-11(3,4)5;1-2(3)4/h7-8H,6H2,1-5H3,(H,12,13);1H3,(H,3,4). The van der Waals surface area contributed by atoms with Crippen LogP contribution >= 0.6 is 0 Å². The average Bonchev–Trinajstić information content (AvgIpc) is 2.09. The second-order valence-corrected chi connectivity index (χ2v) is 5.57. The minimum atomic E-state index is -1.11. The number of aliphatic carboxylic acids is 2. The van der Waals surface area contributed by atoms with E-state index in [0.29, 0.717) is 6.42 Å². The van der Waals surface area contributed by atoms with Gasteiger partial charge in [-0.25, -0.2) is 0 Å². The molecule has 0 bridgehead atoms. The summed E-state index contributed by atoms with van der Waals surface area (Å²) < 4.78 is 5.04. The van der Waals surface area contributed by atoms with Crippen molar-refractivity contribution in [3.63, 3.8) is 0 Å². The fourth-order valence-corrected chi connectivity index (χ4v) is 1.14. The third-order valence-electron chi connectivity index (χ3n) is 1.70. The molecule has 0 aliphatic rings. The van der Waals surface area contributed by atoms with Crippen LogP contribution < -0.4 is 0 Å². The van der Waals surface area contributed by atoms with E-state index in [2.05, 4.69) is 0 Å². The quantitative estimate of drug-likeness (QED) is 0.602. The molecule has 1 unspecified atom stereocenters. The molecule has 0 radical (unpaired) electrons. The van der Waals surface area contributed by atoms with Crippen LogP contribution in [0.5, 0.6) is 0 Å². The molecule has 0 aromatic rings. The summed E-state index contributed by atoms with van der Waals surface area (Å²) in [7, 11) is 0. The highest BCUT2D eigenvalue weighted by Gasteiger charge is 2.31. The number of hydrogen-bond donors (Lipinski definition) is 2. The molecule has 0 saturated heterocycles. The predicted molar refractivity (Wildman–Crippen MR) is 69.7 cm³/mol. The molecule has 0 rings (SSSR count). The molecule has 1 atom stereocenters. The molecule has 0 spiro atoms. The SMILES string of the molecule is CC(=O)O.CC(C)CC(C(=O)O)C(=O)OC(C)(C)C. The molecule has 6 nitrogen and oxygen atoms in total. The highest BCUT2D eigenvalue weighted by Crippen LogP contribution is 2.17. The van der Waals surface area contributed by atoms with Gasteiger partial charge in [0.25, 0.3) is 5.97 Å². The number of rotatable bonds is 4. The van der Waals surface area contributed by atoms with E-state index < -0.39 is 29.4 Å². The maximum atomic E-state index is 11.5. The molecule has 0 heterocycles. The van der Waals surface area contributed by atoms with Crippen molar-refractivity contribution in [2.24, 2.45) is 11.8 Å². The van der Waals surface area contributed by atoms with E-state index in [4.69, 9.17) is 19.7 Å². The van der Waals surface area contributed by atoms with Crippen LogP contribution in [0, 0.1) is 11.8 Å². The number of esters is 1. The first kappa shape index (κ1) is 19.7. The highest BCUT2D eigenvalue weighted by atomic mass is 16.6. The Hall–Kier alpha value is -1.59. The molecular formula is C13H24O6. The summed E-state index contributed by atoms with van der Waals surface area (Å²) in [4.78, 5) is 31.4. The lowest BCUT2D eigenvalue weighted by atomic mass is 9.97. The van der Waals surface area contributed by atoms with Crippen LogP contribution in [0.4, 0.5) is 0 Å². The molecule has 0 amide bonds. The summed E-state index contributed by atoms with van der Waals surface area (Å²) in [6.07, 6.45) is 0.310. The molecule has 19 heavy (non-hydrogen) atoms. The second kappa shape index (κ2) is 8.50. The highest BCUT2D eigenvalue weighted by molar-refractivity contribution is 5.94. The van der Waals surface area contributed by atoms with Gasteiger partial charge in [-0.15, -0.1) is 0 Å². The smallest absolute Gasteiger partial charge is 0.320 e. The first-order valence-corrected chi connectivity index (χ1v) is 6.02. The van der Waals surface area contributed by atoms with E-state index in [1.165, 1.54) is 0 Å². The number of carboxylic acids is 2. The molecular weight excluding hydrogens is 252 g/mol. The summed E-state index contributed by atoms with van der Waals surface area (Å²) in [5.74, 6) is -3.50. The largest absolute Gasteiger partial charge is 0.481 e. The van der Waals surface area contributed by atoms with Gasteiger partial charge in [0.05, 0.1) is 0 Å². The van der Waals surface area contributed by atoms with Gasteiger partial charge in [-0.3, -0.25) is 14.4 Å². The van der Waals surface area contributed by atoms with Gasteiger partial charge in [0.1, 0.15) is 5.60 Å². The van der Waals surface area contributed by atoms with Crippen molar-refractivity contribution >= 4 is 17.9 Å². The Morgan fingerprint density at radius 2 is 1.47 bits per heavy atom. The Labute approximate surface area is 113 Å². The van der Waals surface area contributed by atoms with Crippen LogP contribution in [0.1, 0.15) is 48.0 Å². The maximum absolute atomic E-state index is 11.5. The summed E-state index contributed by atoms with van der Waals surface area (Å²) in [6, 6.07) is 0. The molecule has 0 aliphatic heterocycles. The second-order valence-electron chi connectivity index (χ2n) is 5.57. The van der Waals surface area contributed by atoms with E-state index in [-0.39, 0.29) is 5.92 Å². The summed E-state index contributed by atoms with van der Waals surface area (Å²) in [5.41, 5.74) is -0.637. The van der Waals surface area contributed by atoms with Crippen LogP contribution in [0.3, 0.4) is 0 Å². The van der Waals surface area contributed by atoms with Crippen LogP contribution in [-0.2, 0) is 19.1 Å². The van der Waals surface area contributed by atoms with Crippen LogP contribution in [-0.4, -0.2) is 33.7 Å². The molecule has 6 heteroatoms. The lowest BCUT2D eigenvalue weighted by Gasteiger charge is -2.22.